The van der Waals surface area contributed by atoms with Crippen LogP contribution in [-0.4, -0.2) is 23.3 Å². The van der Waals surface area contributed by atoms with Gasteiger partial charge in [-0.3, -0.25) is 14.5 Å². The van der Waals surface area contributed by atoms with Gasteiger partial charge in [0, 0.05) is 18.2 Å². The first-order valence-electron chi connectivity index (χ1n) is 6.07. The molecule has 0 saturated heterocycles. The highest BCUT2D eigenvalue weighted by Gasteiger charge is 2.28. The Balaban J connectivity index is 2.58. The van der Waals surface area contributed by atoms with E-state index < -0.39 is 0 Å². The zero-order valence-corrected chi connectivity index (χ0v) is 10.5. The predicted molar refractivity (Wildman–Crippen MR) is 68.3 cm³/mol. The summed E-state index contributed by atoms with van der Waals surface area (Å²) in [5, 5.41) is 0. The molecule has 0 radical (unpaired) electrons. The van der Waals surface area contributed by atoms with Crippen molar-refractivity contribution in [3.8, 4) is 0 Å². The summed E-state index contributed by atoms with van der Waals surface area (Å²) in [7, 11) is 0. The van der Waals surface area contributed by atoms with E-state index in [1.807, 2.05) is 19.1 Å². The molecule has 0 aliphatic carbocycles. The molecule has 0 aromatic carbocycles. The Hall–Kier alpha value is -1.64. The number of unbranched alkanes of at least 4 members (excludes halogenated alkanes) is 2. The van der Waals surface area contributed by atoms with Crippen molar-refractivity contribution >= 4 is 11.8 Å². The number of amides is 2. The van der Waals surface area contributed by atoms with E-state index in [9.17, 15) is 9.59 Å². The molecule has 2 amide bonds. The number of imide groups is 1. The predicted octanol–water partition coefficient (Wildman–Crippen LogP) is 2.60. The second-order valence-corrected chi connectivity index (χ2v) is 3.99. The van der Waals surface area contributed by atoms with E-state index >= 15 is 0 Å². The monoisotopic (exact) mass is 233 g/mol. The maximum Gasteiger partial charge on any atom is 0.260 e. The van der Waals surface area contributed by atoms with E-state index in [-0.39, 0.29) is 11.8 Å². The Morgan fingerprint density at radius 3 is 2.65 bits per heavy atom. The number of rotatable bonds is 6. The van der Waals surface area contributed by atoms with Gasteiger partial charge in [0.05, 0.1) is 0 Å². The molecule has 3 nitrogen and oxygen atoms in total. The van der Waals surface area contributed by atoms with Crippen LogP contribution >= 0.6 is 0 Å². The van der Waals surface area contributed by atoms with Crippen LogP contribution in [0.15, 0.2) is 36.0 Å². The molecule has 1 heterocycles. The third-order valence-electron chi connectivity index (χ3n) is 2.60. The van der Waals surface area contributed by atoms with Gasteiger partial charge in [0.15, 0.2) is 0 Å². The molecule has 3 heteroatoms. The molecule has 0 fully saturated rings. The number of carbonyl (C=O) groups excluding carboxylic acids is 2. The summed E-state index contributed by atoms with van der Waals surface area (Å²) in [5.74, 6) is -0.363. The zero-order valence-electron chi connectivity index (χ0n) is 10.5. The van der Waals surface area contributed by atoms with E-state index in [0.717, 1.165) is 19.3 Å². The van der Waals surface area contributed by atoms with Gasteiger partial charge < -0.3 is 0 Å². The minimum Gasteiger partial charge on any atom is -0.275 e. The number of carbonyl (C=O) groups is 2. The molecule has 0 aromatic rings. The van der Waals surface area contributed by atoms with Gasteiger partial charge in [0.2, 0.25) is 0 Å². The normalized spacial score (nSPS) is 16.6. The van der Waals surface area contributed by atoms with Crippen molar-refractivity contribution in [3.05, 3.63) is 36.0 Å². The fourth-order valence-corrected chi connectivity index (χ4v) is 1.65. The van der Waals surface area contributed by atoms with Crippen molar-refractivity contribution in [2.45, 2.75) is 33.1 Å². The topological polar surface area (TPSA) is 37.4 Å². The number of nitrogens with zero attached hydrogens (tertiary/aromatic N) is 1. The molecule has 0 spiro atoms. The Morgan fingerprint density at radius 2 is 2.00 bits per heavy atom. The molecule has 0 atom stereocenters. The fourth-order valence-electron chi connectivity index (χ4n) is 1.65. The number of hydrogen-bond donors (Lipinski definition) is 0. The maximum absolute atomic E-state index is 11.9. The first kappa shape index (κ1) is 13.4. The molecule has 92 valence electrons. The van der Waals surface area contributed by atoms with Crippen molar-refractivity contribution in [2.24, 2.45) is 0 Å². The van der Waals surface area contributed by atoms with Crippen LogP contribution in [0.1, 0.15) is 33.1 Å². The lowest BCUT2D eigenvalue weighted by Gasteiger charge is -2.13. The molecule has 0 bridgehead atoms. The molecule has 1 aliphatic rings. The van der Waals surface area contributed by atoms with Gasteiger partial charge >= 0.3 is 0 Å². The molecule has 1 aliphatic heterocycles. The van der Waals surface area contributed by atoms with E-state index in [0.29, 0.717) is 12.1 Å². The summed E-state index contributed by atoms with van der Waals surface area (Å²) in [5.41, 5.74) is 0.476. The van der Waals surface area contributed by atoms with Gasteiger partial charge in [0.25, 0.3) is 11.8 Å². The van der Waals surface area contributed by atoms with Crippen LogP contribution in [0.3, 0.4) is 0 Å². The highest BCUT2D eigenvalue weighted by Crippen LogP contribution is 2.15. The van der Waals surface area contributed by atoms with Crippen LogP contribution in [0, 0.1) is 0 Å². The molecular weight excluding hydrogens is 214 g/mol. The standard InChI is InChI=1S/C14H19NO2/c1-3-5-7-9-12-11-13(16)15(14(12)17)10-8-6-4-2/h3,5,7,9,11H,4,6,8,10H2,1-2H3/b5-3-,9-7-. The summed E-state index contributed by atoms with van der Waals surface area (Å²) in [6, 6.07) is 0. The number of allylic oxidation sites excluding steroid dienone is 3. The maximum atomic E-state index is 11.9. The Kier molecular flexibility index (Phi) is 5.40. The van der Waals surface area contributed by atoms with Crippen LogP contribution < -0.4 is 0 Å². The zero-order chi connectivity index (χ0) is 12.7. The van der Waals surface area contributed by atoms with Gasteiger partial charge in [-0.15, -0.1) is 0 Å². The van der Waals surface area contributed by atoms with Crippen molar-refractivity contribution in [1.29, 1.82) is 0 Å². The molecule has 0 N–H and O–H groups in total. The lowest BCUT2D eigenvalue weighted by atomic mass is 10.2. The molecule has 0 saturated carbocycles. The summed E-state index contributed by atoms with van der Waals surface area (Å²) >= 11 is 0. The molecular formula is C14H19NO2. The fraction of sp³-hybridized carbons (Fsp3) is 0.429. The van der Waals surface area contributed by atoms with Crippen molar-refractivity contribution < 1.29 is 9.59 Å². The average molecular weight is 233 g/mol. The minimum atomic E-state index is -0.189. The summed E-state index contributed by atoms with van der Waals surface area (Å²) in [6.45, 7) is 4.53. The van der Waals surface area contributed by atoms with Crippen LogP contribution in [0.5, 0.6) is 0 Å². The second-order valence-electron chi connectivity index (χ2n) is 3.99. The summed E-state index contributed by atoms with van der Waals surface area (Å²) < 4.78 is 0. The van der Waals surface area contributed by atoms with Gasteiger partial charge in [-0.05, 0) is 19.4 Å². The van der Waals surface area contributed by atoms with Gasteiger partial charge in [-0.1, -0.05) is 38.0 Å². The lowest BCUT2D eigenvalue weighted by Crippen LogP contribution is -2.31. The first-order chi connectivity index (χ1) is 8.20. The largest absolute Gasteiger partial charge is 0.275 e. The van der Waals surface area contributed by atoms with Crippen LogP contribution in [0.4, 0.5) is 0 Å². The summed E-state index contributed by atoms with van der Waals surface area (Å²) in [6.07, 6.45) is 11.6. The molecule has 0 unspecified atom stereocenters. The smallest absolute Gasteiger partial charge is 0.260 e. The molecule has 17 heavy (non-hydrogen) atoms. The quantitative estimate of drug-likeness (QED) is 0.402. The molecule has 1 rings (SSSR count). The second kappa shape index (κ2) is 6.84. The average Bonchev–Trinajstić information content (AvgIpc) is 2.57. The first-order valence-corrected chi connectivity index (χ1v) is 6.07. The van der Waals surface area contributed by atoms with Gasteiger partial charge in [0.1, 0.15) is 0 Å². The molecule has 0 aromatic heterocycles. The van der Waals surface area contributed by atoms with E-state index in [4.69, 9.17) is 0 Å². The van der Waals surface area contributed by atoms with Gasteiger partial charge in [-0.25, -0.2) is 0 Å². The van der Waals surface area contributed by atoms with Crippen LogP contribution in [0.25, 0.3) is 0 Å². The third-order valence-corrected chi connectivity index (χ3v) is 2.60. The van der Waals surface area contributed by atoms with E-state index in [1.165, 1.54) is 11.0 Å². The summed E-state index contributed by atoms with van der Waals surface area (Å²) in [4.78, 5) is 24.8. The van der Waals surface area contributed by atoms with Gasteiger partial charge in [-0.2, -0.15) is 0 Å². The minimum absolute atomic E-state index is 0.174. The lowest BCUT2D eigenvalue weighted by molar-refractivity contribution is -0.137. The Morgan fingerprint density at radius 1 is 1.24 bits per heavy atom. The van der Waals surface area contributed by atoms with Crippen molar-refractivity contribution in [3.63, 3.8) is 0 Å². The third kappa shape index (κ3) is 3.70. The Bertz CT molecular complexity index is 378. The van der Waals surface area contributed by atoms with E-state index in [2.05, 4.69) is 6.92 Å². The van der Waals surface area contributed by atoms with Crippen molar-refractivity contribution in [1.82, 2.24) is 4.90 Å². The van der Waals surface area contributed by atoms with Crippen LogP contribution in [0.2, 0.25) is 0 Å². The SMILES string of the molecule is C/C=C\C=C/C1=CC(=O)N(CCCCC)C1=O. The van der Waals surface area contributed by atoms with Crippen molar-refractivity contribution in [2.75, 3.05) is 6.54 Å². The highest BCUT2D eigenvalue weighted by atomic mass is 16.2. The number of hydrogen-bond acceptors (Lipinski definition) is 2. The van der Waals surface area contributed by atoms with E-state index in [1.54, 1.807) is 12.2 Å². The highest BCUT2D eigenvalue weighted by molar-refractivity contribution is 6.17. The van der Waals surface area contributed by atoms with Crippen LogP contribution in [-0.2, 0) is 9.59 Å². The Labute approximate surface area is 102 Å².